The van der Waals surface area contributed by atoms with Crippen LogP contribution in [0.1, 0.15) is 6.92 Å². The molecule has 0 heterocycles. The van der Waals surface area contributed by atoms with Crippen molar-refractivity contribution in [2.75, 3.05) is 33.0 Å². The van der Waals surface area contributed by atoms with Crippen LogP contribution < -0.4 is 0 Å². The van der Waals surface area contributed by atoms with Crippen molar-refractivity contribution >= 4 is 0 Å². The first-order chi connectivity index (χ1) is 5.91. The SMILES string of the molecule is C=COCCOCCOC[CH]C. The molecule has 1 radical (unpaired) electrons. The highest BCUT2D eigenvalue weighted by atomic mass is 16.5. The van der Waals surface area contributed by atoms with Crippen molar-refractivity contribution in [2.45, 2.75) is 6.92 Å². The molecule has 0 aromatic carbocycles. The number of ether oxygens (including phenoxy) is 3. The van der Waals surface area contributed by atoms with Gasteiger partial charge in [0, 0.05) is 6.61 Å². The molecule has 3 nitrogen and oxygen atoms in total. The molecule has 0 bridgehead atoms. The second kappa shape index (κ2) is 10.5. The Morgan fingerprint density at radius 1 is 1.08 bits per heavy atom. The topological polar surface area (TPSA) is 27.7 Å². The molecule has 0 saturated carbocycles. The predicted molar refractivity (Wildman–Crippen MR) is 47.8 cm³/mol. The molecule has 0 N–H and O–H groups in total. The number of rotatable bonds is 9. The average Bonchev–Trinajstić information content (AvgIpc) is 2.10. The van der Waals surface area contributed by atoms with E-state index in [1.54, 1.807) is 0 Å². The van der Waals surface area contributed by atoms with Crippen molar-refractivity contribution in [3.63, 3.8) is 0 Å². The van der Waals surface area contributed by atoms with E-state index < -0.39 is 0 Å². The molecule has 0 unspecified atom stereocenters. The van der Waals surface area contributed by atoms with E-state index in [-0.39, 0.29) is 0 Å². The van der Waals surface area contributed by atoms with E-state index in [0.717, 1.165) is 0 Å². The summed E-state index contributed by atoms with van der Waals surface area (Å²) in [6.45, 7) is 8.46. The third-order valence-corrected chi connectivity index (χ3v) is 1.12. The van der Waals surface area contributed by atoms with Crippen molar-refractivity contribution in [3.05, 3.63) is 19.3 Å². The third-order valence-electron chi connectivity index (χ3n) is 1.12. The van der Waals surface area contributed by atoms with Crippen LogP contribution in [0.25, 0.3) is 0 Å². The average molecular weight is 173 g/mol. The molecule has 0 aliphatic rings. The molecule has 0 aliphatic heterocycles. The van der Waals surface area contributed by atoms with Gasteiger partial charge in [-0.15, -0.1) is 0 Å². The van der Waals surface area contributed by atoms with Gasteiger partial charge in [-0.05, 0) is 6.42 Å². The van der Waals surface area contributed by atoms with E-state index in [9.17, 15) is 0 Å². The maximum atomic E-state index is 5.17. The summed E-state index contributed by atoms with van der Waals surface area (Å²) in [5.74, 6) is 0. The molecule has 0 fully saturated rings. The Hall–Kier alpha value is -0.540. The summed E-state index contributed by atoms with van der Waals surface area (Å²) < 4.78 is 15.2. The molecule has 0 atom stereocenters. The van der Waals surface area contributed by atoms with Gasteiger partial charge in [0.2, 0.25) is 0 Å². The van der Waals surface area contributed by atoms with Gasteiger partial charge in [-0.25, -0.2) is 0 Å². The van der Waals surface area contributed by atoms with E-state index in [1.165, 1.54) is 6.26 Å². The van der Waals surface area contributed by atoms with Crippen LogP contribution in [0, 0.1) is 6.42 Å². The Labute approximate surface area is 74.3 Å². The summed E-state index contributed by atoms with van der Waals surface area (Å²) in [5.41, 5.74) is 0. The summed E-state index contributed by atoms with van der Waals surface area (Å²) in [6, 6.07) is 0. The van der Waals surface area contributed by atoms with Crippen LogP contribution in [0.4, 0.5) is 0 Å². The lowest BCUT2D eigenvalue weighted by atomic mass is 10.5. The summed E-state index contributed by atoms with van der Waals surface area (Å²) in [4.78, 5) is 0. The normalized spacial score (nSPS) is 9.75. The highest BCUT2D eigenvalue weighted by molar-refractivity contribution is 4.51. The van der Waals surface area contributed by atoms with Gasteiger partial charge in [0.15, 0.2) is 0 Å². The zero-order valence-corrected chi connectivity index (χ0v) is 7.62. The molecule has 3 heteroatoms. The fourth-order valence-electron chi connectivity index (χ4n) is 0.611. The monoisotopic (exact) mass is 173 g/mol. The molecule has 0 amide bonds. The summed E-state index contributed by atoms with van der Waals surface area (Å²) in [5, 5.41) is 0. The Kier molecular flexibility index (Phi) is 9.99. The van der Waals surface area contributed by atoms with Gasteiger partial charge in [-0.3, -0.25) is 0 Å². The van der Waals surface area contributed by atoms with Gasteiger partial charge < -0.3 is 14.2 Å². The van der Waals surface area contributed by atoms with Crippen LogP contribution in [0.2, 0.25) is 0 Å². The fourth-order valence-corrected chi connectivity index (χ4v) is 0.611. The maximum absolute atomic E-state index is 5.17. The first kappa shape index (κ1) is 11.5. The lowest BCUT2D eigenvalue weighted by Crippen LogP contribution is -2.08. The largest absolute Gasteiger partial charge is 0.499 e. The predicted octanol–water partition coefficient (Wildman–Crippen LogP) is 1.40. The second-order valence-corrected chi connectivity index (χ2v) is 2.13. The van der Waals surface area contributed by atoms with Gasteiger partial charge in [0.05, 0.1) is 26.1 Å². The Morgan fingerprint density at radius 3 is 2.42 bits per heavy atom. The van der Waals surface area contributed by atoms with Crippen molar-refractivity contribution in [1.82, 2.24) is 0 Å². The molecule has 0 aromatic rings. The van der Waals surface area contributed by atoms with Crippen LogP contribution >= 0.6 is 0 Å². The van der Waals surface area contributed by atoms with Gasteiger partial charge >= 0.3 is 0 Å². The van der Waals surface area contributed by atoms with Crippen molar-refractivity contribution in [3.8, 4) is 0 Å². The van der Waals surface area contributed by atoms with Crippen LogP contribution in [-0.4, -0.2) is 33.0 Å². The lowest BCUT2D eigenvalue weighted by Gasteiger charge is -2.04. The highest BCUT2D eigenvalue weighted by Crippen LogP contribution is 1.82. The first-order valence-electron chi connectivity index (χ1n) is 4.07. The minimum atomic E-state index is 0.559. The standard InChI is InChI=1S/C9H17O3/c1-3-5-11-8-9-12-7-6-10-4-2/h3-4H,2,5-9H2,1H3. The Morgan fingerprint density at radius 2 is 1.75 bits per heavy atom. The quantitative estimate of drug-likeness (QED) is 0.389. The molecule has 71 valence electrons. The summed E-state index contributed by atoms with van der Waals surface area (Å²) in [6.07, 6.45) is 3.37. The molecule has 12 heavy (non-hydrogen) atoms. The number of hydrogen-bond acceptors (Lipinski definition) is 3. The third kappa shape index (κ3) is 9.46. The van der Waals surface area contributed by atoms with Crippen LogP contribution in [-0.2, 0) is 14.2 Å². The Bertz CT molecular complexity index is 93.8. The summed E-state index contributed by atoms with van der Waals surface area (Å²) >= 11 is 0. The zero-order valence-electron chi connectivity index (χ0n) is 7.62. The van der Waals surface area contributed by atoms with Gasteiger partial charge in [0.25, 0.3) is 0 Å². The molecule has 0 saturated heterocycles. The van der Waals surface area contributed by atoms with Crippen molar-refractivity contribution in [2.24, 2.45) is 0 Å². The van der Waals surface area contributed by atoms with E-state index in [4.69, 9.17) is 14.2 Å². The maximum Gasteiger partial charge on any atom is 0.111 e. The smallest absolute Gasteiger partial charge is 0.111 e. The Balaban J connectivity index is 2.77. The van der Waals surface area contributed by atoms with Crippen molar-refractivity contribution in [1.29, 1.82) is 0 Å². The van der Waals surface area contributed by atoms with E-state index in [0.29, 0.717) is 33.0 Å². The fraction of sp³-hybridized carbons (Fsp3) is 0.667. The first-order valence-corrected chi connectivity index (χ1v) is 4.07. The molecule has 0 rings (SSSR count). The van der Waals surface area contributed by atoms with Gasteiger partial charge in [-0.1, -0.05) is 13.5 Å². The van der Waals surface area contributed by atoms with E-state index in [1.807, 2.05) is 13.3 Å². The minimum absolute atomic E-state index is 0.559. The number of hydrogen-bond donors (Lipinski definition) is 0. The molecular weight excluding hydrogens is 156 g/mol. The minimum Gasteiger partial charge on any atom is -0.499 e. The zero-order chi connectivity index (χ0) is 9.07. The lowest BCUT2D eigenvalue weighted by molar-refractivity contribution is 0.0362. The van der Waals surface area contributed by atoms with Crippen LogP contribution in [0.3, 0.4) is 0 Å². The molecule has 0 spiro atoms. The van der Waals surface area contributed by atoms with E-state index >= 15 is 0 Å². The second-order valence-electron chi connectivity index (χ2n) is 2.13. The highest BCUT2D eigenvalue weighted by Gasteiger charge is 1.88. The van der Waals surface area contributed by atoms with Crippen LogP contribution in [0.15, 0.2) is 12.8 Å². The van der Waals surface area contributed by atoms with Crippen LogP contribution in [0.5, 0.6) is 0 Å². The van der Waals surface area contributed by atoms with Gasteiger partial charge in [0.1, 0.15) is 6.61 Å². The van der Waals surface area contributed by atoms with Crippen molar-refractivity contribution < 1.29 is 14.2 Å². The van der Waals surface area contributed by atoms with E-state index in [2.05, 4.69) is 6.58 Å². The van der Waals surface area contributed by atoms with Gasteiger partial charge in [-0.2, -0.15) is 0 Å². The molecular formula is C9H17O3. The summed E-state index contributed by atoms with van der Waals surface area (Å²) in [7, 11) is 0. The molecule has 0 aliphatic carbocycles. The molecule has 0 aromatic heterocycles.